The number of ketones is 1. The molecule has 1 fully saturated rings. The number of benzene rings is 2. The first-order chi connectivity index (χ1) is 12.4. The zero-order chi connectivity index (χ0) is 18.7. The molecule has 2 aromatic carbocycles. The number of hydrogen-bond acceptors (Lipinski definition) is 4. The number of rotatable bonds is 6. The monoisotopic (exact) mass is 389 g/mol. The molecule has 1 saturated heterocycles. The molecule has 0 N–H and O–H groups in total. The van der Waals surface area contributed by atoms with E-state index in [4.69, 9.17) is 0 Å². The molecule has 2 atom stereocenters. The van der Waals surface area contributed by atoms with Gasteiger partial charge in [0.1, 0.15) is 5.78 Å². The summed E-state index contributed by atoms with van der Waals surface area (Å²) in [6.45, 7) is 3.45. The second kappa shape index (κ2) is 7.94. The van der Waals surface area contributed by atoms with E-state index in [0.29, 0.717) is 12.2 Å². The number of carbonyl (C=O) groups excluding carboxylic acids is 1. The molecular formula is C20H23NO3S2. The number of thioether (sulfide) groups is 1. The predicted octanol–water partition coefficient (Wildman–Crippen LogP) is 3.65. The maximum Gasteiger partial charge on any atom is 0.244 e. The lowest BCUT2D eigenvalue weighted by molar-refractivity contribution is -0.117. The third-order valence-corrected chi connectivity index (χ3v) is 7.96. The lowest BCUT2D eigenvalue weighted by atomic mass is 10.1. The van der Waals surface area contributed by atoms with Crippen molar-refractivity contribution in [2.75, 3.05) is 5.75 Å². The molecular weight excluding hydrogens is 366 g/mol. The molecule has 2 aromatic rings. The van der Waals surface area contributed by atoms with E-state index in [2.05, 4.69) is 0 Å². The summed E-state index contributed by atoms with van der Waals surface area (Å²) in [6, 6.07) is 16.7. The topological polar surface area (TPSA) is 54.5 Å². The van der Waals surface area contributed by atoms with E-state index < -0.39 is 10.0 Å². The molecule has 4 nitrogen and oxygen atoms in total. The molecule has 0 aromatic heterocycles. The van der Waals surface area contributed by atoms with Crippen molar-refractivity contribution in [1.29, 1.82) is 0 Å². The molecule has 1 heterocycles. The van der Waals surface area contributed by atoms with Gasteiger partial charge >= 0.3 is 0 Å². The van der Waals surface area contributed by atoms with Gasteiger partial charge in [-0.25, -0.2) is 8.42 Å². The highest BCUT2D eigenvalue weighted by Gasteiger charge is 2.43. The van der Waals surface area contributed by atoms with Gasteiger partial charge in [-0.1, -0.05) is 48.0 Å². The average molecular weight is 390 g/mol. The van der Waals surface area contributed by atoms with Crippen LogP contribution in [-0.2, 0) is 21.2 Å². The minimum absolute atomic E-state index is 0.00645. The molecule has 0 spiro atoms. The van der Waals surface area contributed by atoms with Gasteiger partial charge in [0.2, 0.25) is 10.0 Å². The van der Waals surface area contributed by atoms with Crippen LogP contribution in [0.15, 0.2) is 59.5 Å². The summed E-state index contributed by atoms with van der Waals surface area (Å²) in [6.07, 6.45) is 0.883. The van der Waals surface area contributed by atoms with Gasteiger partial charge in [-0.3, -0.25) is 4.79 Å². The Bertz CT molecular complexity index is 864. The number of carbonyl (C=O) groups is 1. The van der Waals surface area contributed by atoms with Gasteiger partial charge < -0.3 is 0 Å². The van der Waals surface area contributed by atoms with Gasteiger partial charge in [0.25, 0.3) is 0 Å². The van der Waals surface area contributed by atoms with Gasteiger partial charge in [-0.05, 0) is 38.0 Å². The summed E-state index contributed by atoms with van der Waals surface area (Å²) in [5, 5.41) is -0.340. The van der Waals surface area contributed by atoms with Crippen molar-refractivity contribution in [3.63, 3.8) is 0 Å². The molecule has 1 aliphatic rings. The van der Waals surface area contributed by atoms with Crippen LogP contribution in [0.5, 0.6) is 0 Å². The number of hydrogen-bond donors (Lipinski definition) is 0. The average Bonchev–Trinajstić information content (AvgIpc) is 2.98. The largest absolute Gasteiger partial charge is 0.300 e. The van der Waals surface area contributed by atoms with Crippen LogP contribution in [-0.4, -0.2) is 35.7 Å². The summed E-state index contributed by atoms with van der Waals surface area (Å²) < 4.78 is 28.2. The van der Waals surface area contributed by atoms with Crippen LogP contribution in [0.2, 0.25) is 0 Å². The third-order valence-electron chi connectivity index (χ3n) is 4.50. The standard InChI is InChI=1S/C20H23NO3S2/c1-15-8-10-19(11-9-15)26(23,24)21-18(13-17-6-4-3-5-7-17)14-25-20(21)12-16(2)22/h3-11,18,20H,12-14H2,1-2H3/t18-,20-/m0/s1. The quantitative estimate of drug-likeness (QED) is 0.757. The van der Waals surface area contributed by atoms with Crippen LogP contribution in [0.25, 0.3) is 0 Å². The molecule has 0 bridgehead atoms. The zero-order valence-electron chi connectivity index (χ0n) is 15.0. The van der Waals surface area contributed by atoms with Gasteiger partial charge in [-0.2, -0.15) is 4.31 Å². The van der Waals surface area contributed by atoms with E-state index in [1.165, 1.54) is 6.92 Å². The molecule has 0 amide bonds. The fraction of sp³-hybridized carbons (Fsp3) is 0.350. The van der Waals surface area contributed by atoms with Gasteiger partial charge in [0.15, 0.2) is 0 Å². The van der Waals surface area contributed by atoms with Crippen LogP contribution in [0, 0.1) is 6.92 Å². The van der Waals surface area contributed by atoms with E-state index in [-0.39, 0.29) is 28.5 Å². The minimum atomic E-state index is -3.66. The predicted molar refractivity (Wildman–Crippen MR) is 106 cm³/mol. The van der Waals surface area contributed by atoms with Crippen LogP contribution in [0.4, 0.5) is 0 Å². The second-order valence-electron chi connectivity index (χ2n) is 6.69. The van der Waals surface area contributed by atoms with Crippen LogP contribution in [0.3, 0.4) is 0 Å². The fourth-order valence-corrected chi connectivity index (χ4v) is 6.88. The van der Waals surface area contributed by atoms with Crippen molar-refractivity contribution in [3.8, 4) is 0 Å². The first-order valence-electron chi connectivity index (χ1n) is 8.63. The SMILES string of the molecule is CC(=O)C[C@@H]1SC[C@H](Cc2ccccc2)N1S(=O)(=O)c1ccc(C)cc1. The van der Waals surface area contributed by atoms with Crippen LogP contribution >= 0.6 is 11.8 Å². The molecule has 0 radical (unpaired) electrons. The third kappa shape index (κ3) is 4.19. The smallest absolute Gasteiger partial charge is 0.244 e. The lowest BCUT2D eigenvalue weighted by Crippen LogP contribution is -2.43. The summed E-state index contributed by atoms with van der Waals surface area (Å²) >= 11 is 1.56. The first-order valence-corrected chi connectivity index (χ1v) is 11.1. The maximum atomic E-state index is 13.3. The Balaban J connectivity index is 1.95. The Kier molecular flexibility index (Phi) is 5.85. The highest BCUT2D eigenvalue weighted by atomic mass is 32.2. The van der Waals surface area contributed by atoms with E-state index in [9.17, 15) is 13.2 Å². The molecule has 3 rings (SSSR count). The van der Waals surface area contributed by atoms with E-state index in [1.54, 1.807) is 28.2 Å². The Labute approximate surface area is 159 Å². The summed E-state index contributed by atoms with van der Waals surface area (Å²) in [5.74, 6) is 0.699. The van der Waals surface area contributed by atoms with E-state index in [0.717, 1.165) is 11.1 Å². The van der Waals surface area contributed by atoms with Crippen molar-refractivity contribution >= 4 is 27.6 Å². The lowest BCUT2D eigenvalue weighted by Gasteiger charge is -2.28. The van der Waals surface area contributed by atoms with Crippen molar-refractivity contribution in [2.45, 2.75) is 43.0 Å². The molecule has 0 unspecified atom stereocenters. The maximum absolute atomic E-state index is 13.3. The van der Waals surface area contributed by atoms with E-state index >= 15 is 0 Å². The van der Waals surface area contributed by atoms with E-state index in [1.807, 2.05) is 49.4 Å². The molecule has 138 valence electrons. The number of sulfonamides is 1. The van der Waals surface area contributed by atoms with Gasteiger partial charge in [-0.15, -0.1) is 11.8 Å². The summed E-state index contributed by atoms with van der Waals surface area (Å²) in [5.41, 5.74) is 2.12. The molecule has 26 heavy (non-hydrogen) atoms. The minimum Gasteiger partial charge on any atom is -0.300 e. The van der Waals surface area contributed by atoms with Crippen molar-refractivity contribution in [1.82, 2.24) is 4.31 Å². The summed E-state index contributed by atoms with van der Waals surface area (Å²) in [7, 11) is -3.66. The van der Waals surface area contributed by atoms with Gasteiger partial charge in [0.05, 0.1) is 10.3 Å². The Morgan fingerprint density at radius 2 is 1.77 bits per heavy atom. The fourth-order valence-electron chi connectivity index (χ4n) is 3.22. The Morgan fingerprint density at radius 3 is 2.38 bits per heavy atom. The number of aryl methyl sites for hydroxylation is 1. The Hall–Kier alpha value is -1.63. The molecule has 0 saturated carbocycles. The second-order valence-corrected chi connectivity index (χ2v) is 9.74. The summed E-state index contributed by atoms with van der Waals surface area (Å²) in [4.78, 5) is 12.0. The molecule has 6 heteroatoms. The van der Waals surface area contributed by atoms with Crippen molar-refractivity contribution in [2.24, 2.45) is 0 Å². The number of Topliss-reactive ketones (excluding diaryl/α,β-unsaturated/α-hetero) is 1. The highest BCUT2D eigenvalue weighted by molar-refractivity contribution is 8.01. The van der Waals surface area contributed by atoms with Crippen LogP contribution in [0.1, 0.15) is 24.5 Å². The molecule has 0 aliphatic carbocycles. The van der Waals surface area contributed by atoms with Gasteiger partial charge in [0, 0.05) is 18.2 Å². The number of nitrogens with zero attached hydrogens (tertiary/aromatic N) is 1. The molecule has 1 aliphatic heterocycles. The zero-order valence-corrected chi connectivity index (χ0v) is 16.6. The normalized spacial score (nSPS) is 21.0. The van der Waals surface area contributed by atoms with Crippen molar-refractivity contribution in [3.05, 3.63) is 65.7 Å². The Morgan fingerprint density at radius 1 is 1.12 bits per heavy atom. The van der Waals surface area contributed by atoms with Crippen LogP contribution < -0.4 is 0 Å². The van der Waals surface area contributed by atoms with Crippen molar-refractivity contribution < 1.29 is 13.2 Å². The first kappa shape index (κ1) is 19.1. The highest BCUT2D eigenvalue weighted by Crippen LogP contribution is 2.37.